The molecular weight excluding hydrogens is 556 g/mol. The van der Waals surface area contributed by atoms with Crippen molar-refractivity contribution in [1.82, 2.24) is 0 Å². The average molecular weight is 598 g/mol. The van der Waals surface area contributed by atoms with Crippen LogP contribution in [0.2, 0.25) is 5.02 Å². The Morgan fingerprint density at radius 2 is 2.12 bits per heavy atom. The zero-order valence-electron chi connectivity index (χ0n) is 24.6. The van der Waals surface area contributed by atoms with E-state index in [1.807, 2.05) is 32.2 Å². The second kappa shape index (κ2) is 12.9. The molecule has 1 fully saturated rings. The van der Waals surface area contributed by atoms with Crippen LogP contribution in [0.25, 0.3) is 0 Å². The van der Waals surface area contributed by atoms with Crippen molar-refractivity contribution >= 4 is 33.8 Å². The summed E-state index contributed by atoms with van der Waals surface area (Å²) in [6.45, 7) is 5.65. The molecule has 1 aliphatic heterocycles. The number of methoxy groups -OCH3 is 1. The summed E-state index contributed by atoms with van der Waals surface area (Å²) in [5, 5.41) is 0.764. The van der Waals surface area contributed by atoms with Crippen molar-refractivity contribution < 1.29 is 18.5 Å². The molecule has 41 heavy (non-hydrogen) atoms. The van der Waals surface area contributed by atoms with E-state index in [9.17, 15) is 9.00 Å². The van der Waals surface area contributed by atoms with Crippen LogP contribution in [0, 0.1) is 17.8 Å². The first-order chi connectivity index (χ1) is 19.7. The van der Waals surface area contributed by atoms with Crippen LogP contribution >= 0.6 is 11.6 Å². The van der Waals surface area contributed by atoms with Gasteiger partial charge in [-0.3, -0.25) is 4.79 Å². The summed E-state index contributed by atoms with van der Waals surface area (Å²) in [5.74, 6) is 2.04. The topological polar surface area (TPSA) is 68.2 Å². The molecule has 0 N–H and O–H groups in total. The molecule has 1 heterocycles. The van der Waals surface area contributed by atoms with E-state index in [1.54, 1.807) is 13.2 Å². The van der Waals surface area contributed by atoms with Gasteiger partial charge in [-0.1, -0.05) is 55.3 Å². The minimum absolute atomic E-state index is 0.135. The molecule has 1 amide bonds. The number of nitrogens with zero attached hydrogens (tertiary/aromatic N) is 2. The van der Waals surface area contributed by atoms with Gasteiger partial charge in [0.1, 0.15) is 5.75 Å². The number of hydrogen-bond acceptors (Lipinski definition) is 6. The Labute approximate surface area is 251 Å². The van der Waals surface area contributed by atoms with Crippen molar-refractivity contribution in [3.63, 3.8) is 0 Å². The summed E-state index contributed by atoms with van der Waals surface area (Å²) < 4.78 is 28.9. The van der Waals surface area contributed by atoms with Gasteiger partial charge in [0.15, 0.2) is 0 Å². The van der Waals surface area contributed by atoms with E-state index in [-0.39, 0.29) is 17.4 Å². The fraction of sp³-hybridized carbons (Fsp3) is 0.545. The van der Waals surface area contributed by atoms with E-state index in [1.165, 1.54) is 24.0 Å². The van der Waals surface area contributed by atoms with Gasteiger partial charge in [-0.2, -0.15) is 10.6 Å². The minimum Gasteiger partial charge on any atom is -0.490 e. The summed E-state index contributed by atoms with van der Waals surface area (Å²) in [5.41, 5.74) is 3.71. The Hall–Kier alpha value is -2.35. The lowest BCUT2D eigenvalue weighted by Crippen LogP contribution is -2.44. The molecule has 2 aromatic carbocycles. The number of carbonyl (C=O) groups excluding carboxylic acids is 1. The zero-order valence-corrected chi connectivity index (χ0v) is 26.2. The van der Waals surface area contributed by atoms with Crippen molar-refractivity contribution in [2.45, 2.75) is 63.9 Å². The van der Waals surface area contributed by atoms with Crippen molar-refractivity contribution in [2.75, 3.05) is 38.0 Å². The molecule has 6 nitrogen and oxygen atoms in total. The highest BCUT2D eigenvalue weighted by Crippen LogP contribution is 2.44. The predicted molar refractivity (Wildman–Crippen MR) is 167 cm³/mol. The van der Waals surface area contributed by atoms with Gasteiger partial charge in [0.2, 0.25) is 0 Å². The molecule has 2 aliphatic carbocycles. The monoisotopic (exact) mass is 597 g/mol. The number of fused-ring (bicyclic) bond motifs is 3. The molecule has 5 rings (SSSR count). The Kier molecular flexibility index (Phi) is 9.47. The third kappa shape index (κ3) is 6.68. The van der Waals surface area contributed by atoms with Gasteiger partial charge in [0, 0.05) is 36.7 Å². The highest BCUT2D eigenvalue weighted by Gasteiger charge is 2.41. The van der Waals surface area contributed by atoms with Gasteiger partial charge in [-0.15, -0.1) is 0 Å². The normalized spacial score (nSPS) is 26.0. The van der Waals surface area contributed by atoms with Gasteiger partial charge < -0.3 is 22.9 Å². The maximum atomic E-state index is 13.0. The lowest BCUT2D eigenvalue weighted by molar-refractivity contribution is 0.0178. The fourth-order valence-electron chi connectivity index (χ4n) is 6.74. The number of carbonyl (C=O) groups is 1. The molecule has 0 unspecified atom stereocenters. The Morgan fingerprint density at radius 1 is 1.29 bits per heavy atom. The van der Waals surface area contributed by atoms with Crippen LogP contribution in [-0.2, 0) is 31.4 Å². The first kappa shape index (κ1) is 30.1. The lowest BCUT2D eigenvalue weighted by atomic mass is 9.70. The fourth-order valence-corrected chi connectivity index (χ4v) is 7.92. The number of ether oxygens (including phenoxy) is 2. The van der Waals surface area contributed by atoms with E-state index in [0.717, 1.165) is 48.7 Å². The number of likely N-dealkylation sites (N-methyl/N-ethyl adjacent to an activating group) is 1. The number of rotatable bonds is 8. The molecule has 2 aromatic rings. The first-order valence-electron chi connectivity index (χ1n) is 14.8. The second-order valence-corrected chi connectivity index (χ2v) is 13.9. The lowest BCUT2D eigenvalue weighted by Gasteiger charge is -2.39. The molecule has 1 saturated carbocycles. The number of aryl methyl sites for hydroxylation is 1. The summed E-state index contributed by atoms with van der Waals surface area (Å²) in [7, 11) is 2.21. The second-order valence-electron chi connectivity index (χ2n) is 12.3. The number of hydrogen-bond donors (Lipinski definition) is 0. The molecular formula is C33H42ClN2O4S-. The summed E-state index contributed by atoms with van der Waals surface area (Å²) in [6.07, 6.45) is 10.8. The Morgan fingerprint density at radius 3 is 2.85 bits per heavy atom. The van der Waals surface area contributed by atoms with Crippen LogP contribution in [0.15, 0.2) is 52.9 Å². The number of allylic oxidation sites excluding steroid dienone is 1. The van der Waals surface area contributed by atoms with E-state index in [2.05, 4.69) is 40.5 Å². The number of halogens is 1. The van der Waals surface area contributed by atoms with Crippen LogP contribution in [0.1, 0.15) is 67.4 Å². The zero-order chi connectivity index (χ0) is 29.1. The maximum Gasteiger partial charge on any atom is 0.254 e. The summed E-state index contributed by atoms with van der Waals surface area (Å²) in [6, 6.07) is 11.6. The van der Waals surface area contributed by atoms with Gasteiger partial charge in [0.05, 0.1) is 18.4 Å². The van der Waals surface area contributed by atoms with E-state index in [0.29, 0.717) is 29.8 Å². The van der Waals surface area contributed by atoms with Gasteiger partial charge in [-0.25, -0.2) is 0 Å². The SMILES string of the molecule is CO[C@@H](/C=C/C[C@H](C)C[S-](=O)=NC(=O)c1ccc2c(c1)N(C)C[C@@]1(CCCc3cc(Cl)ccc31)CO2)[C@@H]1CC[C@H]1C. The van der Waals surface area contributed by atoms with Crippen molar-refractivity contribution in [2.24, 2.45) is 22.1 Å². The molecule has 1 spiro atoms. The van der Waals surface area contributed by atoms with Gasteiger partial charge >= 0.3 is 0 Å². The number of benzene rings is 2. The Balaban J connectivity index is 1.23. The predicted octanol–water partition coefficient (Wildman–Crippen LogP) is 7.37. The van der Waals surface area contributed by atoms with Crippen LogP contribution in [0.5, 0.6) is 5.75 Å². The molecule has 5 atom stereocenters. The molecule has 0 saturated heterocycles. The molecule has 0 bridgehead atoms. The van der Waals surface area contributed by atoms with E-state index >= 15 is 0 Å². The molecule has 0 radical (unpaired) electrons. The van der Waals surface area contributed by atoms with Crippen LogP contribution < -0.4 is 9.64 Å². The molecule has 0 aromatic heterocycles. The largest absolute Gasteiger partial charge is 0.490 e. The van der Waals surface area contributed by atoms with E-state index < -0.39 is 16.5 Å². The average Bonchev–Trinajstić information content (AvgIpc) is 3.07. The van der Waals surface area contributed by atoms with Crippen LogP contribution in [0.3, 0.4) is 0 Å². The van der Waals surface area contributed by atoms with Crippen LogP contribution in [-0.4, -0.2) is 45.1 Å². The summed E-state index contributed by atoms with van der Waals surface area (Å²) in [4.78, 5) is 15.2. The van der Waals surface area contributed by atoms with E-state index in [4.69, 9.17) is 21.1 Å². The quantitative estimate of drug-likeness (QED) is 0.235. The first-order valence-corrected chi connectivity index (χ1v) is 16.5. The third-order valence-corrected chi connectivity index (χ3v) is 10.7. The van der Waals surface area contributed by atoms with Crippen molar-refractivity contribution in [3.8, 4) is 5.75 Å². The van der Waals surface area contributed by atoms with Crippen LogP contribution in [0.4, 0.5) is 5.69 Å². The van der Waals surface area contributed by atoms with Gasteiger partial charge in [0.25, 0.3) is 5.91 Å². The molecule has 8 heteroatoms. The summed E-state index contributed by atoms with van der Waals surface area (Å²) >= 11 is 6.30. The number of amides is 1. The van der Waals surface area contributed by atoms with Crippen molar-refractivity contribution in [1.29, 1.82) is 0 Å². The highest BCUT2D eigenvalue weighted by atomic mass is 35.5. The minimum atomic E-state index is -1.60. The highest BCUT2D eigenvalue weighted by molar-refractivity contribution is 7.75. The maximum absolute atomic E-state index is 13.0. The molecule has 222 valence electrons. The number of anilines is 1. The standard InChI is InChI=1S/C33H42ClN2O4S/c1-22(7-5-9-30(39-4)27-13-10-23(27)2)19-41(38)35-32(37)25-11-15-31-29(18-25)36(3)20-33(21-40-31)16-6-8-24-17-26(34)12-14-28(24)33/h5,9,11-12,14-15,17-18,22-23,27,30H,6-8,10,13,16,19-21H2,1-4H3/q-1/b9-5+/t22-,23+,27+,30-,33-/m0/s1. The Bertz CT molecular complexity index is 1390. The van der Waals surface area contributed by atoms with Crippen molar-refractivity contribution in [3.05, 3.63) is 70.3 Å². The molecule has 3 aliphatic rings. The van der Waals surface area contributed by atoms with Gasteiger partial charge in [-0.05, 0) is 91.8 Å². The smallest absolute Gasteiger partial charge is 0.254 e. The third-order valence-electron chi connectivity index (χ3n) is 9.26.